The largest absolute Gasteiger partial charge is 0.505 e. The lowest BCUT2D eigenvalue weighted by atomic mass is 10.1. The molecule has 0 bridgehead atoms. The Hall–Kier alpha value is -1.86. The highest BCUT2D eigenvalue weighted by Gasteiger charge is 2.32. The quantitative estimate of drug-likeness (QED) is 0.642. The molecule has 7 nitrogen and oxygen atoms in total. The third kappa shape index (κ3) is 2.47. The van der Waals surface area contributed by atoms with Crippen LogP contribution in [0.15, 0.2) is 12.1 Å². The van der Waals surface area contributed by atoms with E-state index in [-0.39, 0.29) is 28.3 Å². The number of nitrogens with zero attached hydrogens (tertiary/aromatic N) is 2. The van der Waals surface area contributed by atoms with E-state index in [1.807, 2.05) is 0 Å². The molecule has 19 heavy (non-hydrogen) atoms. The predicted octanol–water partition coefficient (Wildman–Crippen LogP) is 1.27. The minimum atomic E-state index is -0.694. The summed E-state index contributed by atoms with van der Waals surface area (Å²) in [5.41, 5.74) is 5.29. The fourth-order valence-corrected chi connectivity index (χ4v) is 2.30. The molecule has 1 unspecified atom stereocenters. The van der Waals surface area contributed by atoms with Crippen molar-refractivity contribution < 1.29 is 14.8 Å². The number of aromatic hydroxyl groups is 1. The van der Waals surface area contributed by atoms with E-state index in [1.54, 1.807) is 0 Å². The van der Waals surface area contributed by atoms with Gasteiger partial charge in [-0.05, 0) is 18.5 Å². The van der Waals surface area contributed by atoms with Crippen LogP contribution in [0.2, 0.25) is 5.02 Å². The average molecular weight is 286 g/mol. The standard InChI is InChI=1S/C11H12ClN3O4/c12-7-2-9(10(16)3-8(7)15(18)19)14-5-6(4-13)1-11(14)17/h2-3,6,16H,1,4-5,13H2. The second kappa shape index (κ2) is 5.02. The number of benzene rings is 1. The molecular formula is C11H12ClN3O4. The first-order valence-corrected chi connectivity index (χ1v) is 5.99. The van der Waals surface area contributed by atoms with E-state index in [0.29, 0.717) is 19.5 Å². The van der Waals surface area contributed by atoms with Crippen molar-refractivity contribution in [2.24, 2.45) is 11.7 Å². The molecule has 1 aromatic rings. The Balaban J connectivity index is 2.39. The highest BCUT2D eigenvalue weighted by molar-refractivity contribution is 6.33. The van der Waals surface area contributed by atoms with Crippen LogP contribution in [-0.2, 0) is 4.79 Å². The molecule has 1 atom stereocenters. The van der Waals surface area contributed by atoms with Gasteiger partial charge >= 0.3 is 0 Å². The number of phenolic OH excluding ortho intramolecular Hbond substituents is 1. The highest BCUT2D eigenvalue weighted by Crippen LogP contribution is 2.39. The maximum atomic E-state index is 11.8. The number of amides is 1. The molecule has 0 radical (unpaired) electrons. The van der Waals surface area contributed by atoms with Gasteiger partial charge in [-0.2, -0.15) is 0 Å². The second-order valence-corrected chi connectivity index (χ2v) is 4.77. The van der Waals surface area contributed by atoms with Crippen molar-refractivity contribution in [2.45, 2.75) is 6.42 Å². The normalized spacial score (nSPS) is 18.9. The SMILES string of the molecule is NCC1CC(=O)N(c2cc(Cl)c([N+](=O)[O-])cc2O)C1. The second-order valence-electron chi connectivity index (χ2n) is 4.36. The first-order valence-electron chi connectivity index (χ1n) is 5.61. The van der Waals surface area contributed by atoms with Gasteiger partial charge in [0, 0.05) is 13.0 Å². The van der Waals surface area contributed by atoms with E-state index in [2.05, 4.69) is 0 Å². The molecule has 1 saturated heterocycles. The molecule has 1 aliphatic rings. The molecule has 0 aromatic heterocycles. The molecule has 1 heterocycles. The van der Waals surface area contributed by atoms with E-state index in [1.165, 1.54) is 11.0 Å². The summed E-state index contributed by atoms with van der Waals surface area (Å²) in [6, 6.07) is 2.17. The van der Waals surface area contributed by atoms with Crippen molar-refractivity contribution in [3.05, 3.63) is 27.3 Å². The van der Waals surface area contributed by atoms with Crippen LogP contribution >= 0.6 is 11.6 Å². The Morgan fingerprint density at radius 3 is 2.79 bits per heavy atom. The zero-order valence-corrected chi connectivity index (χ0v) is 10.6. The molecule has 0 aliphatic carbocycles. The summed E-state index contributed by atoms with van der Waals surface area (Å²) in [6.07, 6.45) is 0.296. The van der Waals surface area contributed by atoms with Crippen molar-refractivity contribution in [3.63, 3.8) is 0 Å². The summed E-state index contributed by atoms with van der Waals surface area (Å²) < 4.78 is 0. The Morgan fingerprint density at radius 2 is 2.26 bits per heavy atom. The predicted molar refractivity (Wildman–Crippen MR) is 69.3 cm³/mol. The Bertz CT molecular complexity index is 549. The minimum absolute atomic E-state index is 0.0147. The van der Waals surface area contributed by atoms with E-state index in [0.717, 1.165) is 6.07 Å². The Morgan fingerprint density at radius 1 is 1.58 bits per heavy atom. The number of rotatable bonds is 3. The van der Waals surface area contributed by atoms with Gasteiger partial charge in [0.05, 0.1) is 16.7 Å². The van der Waals surface area contributed by atoms with E-state index in [9.17, 15) is 20.0 Å². The van der Waals surface area contributed by atoms with Gasteiger partial charge in [-0.1, -0.05) is 11.6 Å². The molecular weight excluding hydrogens is 274 g/mol. The van der Waals surface area contributed by atoms with Gasteiger partial charge in [-0.15, -0.1) is 0 Å². The first-order chi connectivity index (χ1) is 8.93. The van der Waals surface area contributed by atoms with Crippen molar-refractivity contribution >= 4 is 28.9 Å². The summed E-state index contributed by atoms with van der Waals surface area (Å²) in [4.78, 5) is 23.1. The number of carbonyl (C=O) groups is 1. The number of halogens is 1. The Kier molecular flexibility index (Phi) is 3.59. The van der Waals surface area contributed by atoms with Crippen molar-refractivity contribution in [3.8, 4) is 5.75 Å². The van der Waals surface area contributed by atoms with Gasteiger partial charge in [0.1, 0.15) is 10.8 Å². The highest BCUT2D eigenvalue weighted by atomic mass is 35.5. The number of nitro groups is 1. The van der Waals surface area contributed by atoms with Crippen LogP contribution in [0, 0.1) is 16.0 Å². The Labute approximate surface area is 113 Å². The molecule has 0 spiro atoms. The van der Waals surface area contributed by atoms with Crippen molar-refractivity contribution in [1.29, 1.82) is 0 Å². The average Bonchev–Trinajstić information content (AvgIpc) is 2.72. The van der Waals surface area contributed by atoms with E-state index in [4.69, 9.17) is 17.3 Å². The molecule has 8 heteroatoms. The maximum absolute atomic E-state index is 11.8. The molecule has 1 aliphatic heterocycles. The van der Waals surface area contributed by atoms with Crippen LogP contribution in [-0.4, -0.2) is 29.0 Å². The number of hydrogen-bond donors (Lipinski definition) is 2. The number of carbonyl (C=O) groups excluding carboxylic acids is 1. The fraction of sp³-hybridized carbons (Fsp3) is 0.364. The molecule has 1 aromatic carbocycles. The van der Waals surface area contributed by atoms with Gasteiger partial charge in [-0.25, -0.2) is 0 Å². The third-order valence-corrected chi connectivity index (χ3v) is 3.37. The first kappa shape index (κ1) is 13.6. The summed E-state index contributed by atoms with van der Waals surface area (Å²) in [5, 5.41) is 20.4. The molecule has 1 amide bonds. The van der Waals surface area contributed by atoms with Gasteiger partial charge in [0.15, 0.2) is 0 Å². The minimum Gasteiger partial charge on any atom is -0.505 e. The smallest absolute Gasteiger partial charge is 0.291 e. The molecule has 102 valence electrons. The summed E-state index contributed by atoms with van der Waals surface area (Å²) in [7, 11) is 0. The van der Waals surface area contributed by atoms with E-state index >= 15 is 0 Å². The topological polar surface area (TPSA) is 110 Å². The van der Waals surface area contributed by atoms with Gasteiger partial charge in [0.25, 0.3) is 5.69 Å². The summed E-state index contributed by atoms with van der Waals surface area (Å²) >= 11 is 5.78. The maximum Gasteiger partial charge on any atom is 0.291 e. The number of nitro benzene ring substituents is 1. The van der Waals surface area contributed by atoms with Crippen LogP contribution < -0.4 is 10.6 Å². The van der Waals surface area contributed by atoms with Crippen LogP contribution in [0.5, 0.6) is 5.75 Å². The van der Waals surface area contributed by atoms with Crippen LogP contribution in [0.25, 0.3) is 0 Å². The van der Waals surface area contributed by atoms with E-state index < -0.39 is 10.6 Å². The number of phenols is 1. The lowest BCUT2D eigenvalue weighted by molar-refractivity contribution is -0.384. The van der Waals surface area contributed by atoms with Crippen LogP contribution in [0.4, 0.5) is 11.4 Å². The summed E-state index contributed by atoms with van der Waals surface area (Å²) in [5.74, 6) is -0.515. The molecule has 0 saturated carbocycles. The number of nitrogens with two attached hydrogens (primary N) is 1. The molecule has 3 N–H and O–H groups in total. The number of anilines is 1. The monoisotopic (exact) mass is 285 g/mol. The zero-order valence-electron chi connectivity index (χ0n) is 9.88. The van der Waals surface area contributed by atoms with Gasteiger partial charge < -0.3 is 15.7 Å². The lowest BCUT2D eigenvalue weighted by Crippen LogP contribution is -2.25. The van der Waals surface area contributed by atoms with Crippen LogP contribution in [0.3, 0.4) is 0 Å². The van der Waals surface area contributed by atoms with Crippen molar-refractivity contribution in [2.75, 3.05) is 18.0 Å². The molecule has 2 rings (SSSR count). The number of hydrogen-bond acceptors (Lipinski definition) is 5. The fourth-order valence-electron chi connectivity index (χ4n) is 2.07. The lowest BCUT2D eigenvalue weighted by Gasteiger charge is -2.18. The molecule has 1 fully saturated rings. The van der Waals surface area contributed by atoms with Crippen molar-refractivity contribution in [1.82, 2.24) is 0 Å². The van der Waals surface area contributed by atoms with Crippen LogP contribution in [0.1, 0.15) is 6.42 Å². The van der Waals surface area contributed by atoms with Gasteiger partial charge in [-0.3, -0.25) is 14.9 Å². The third-order valence-electron chi connectivity index (χ3n) is 3.07. The summed E-state index contributed by atoms with van der Waals surface area (Å²) in [6.45, 7) is 0.737. The zero-order chi connectivity index (χ0) is 14.2. The van der Waals surface area contributed by atoms with Gasteiger partial charge in [0.2, 0.25) is 5.91 Å².